The molecule has 1 aromatic carbocycles. The second-order valence-electron chi connectivity index (χ2n) is 5.17. The molecule has 2 rings (SSSR count). The maximum atomic E-state index is 12.9. The number of carbonyl (C=O) groups excluding carboxylic acids is 1. The molecule has 0 saturated heterocycles. The lowest BCUT2D eigenvalue weighted by atomic mass is 10.1. The molecule has 1 heterocycles. The van der Waals surface area contributed by atoms with Gasteiger partial charge in [0.2, 0.25) is 0 Å². The monoisotopic (exact) mass is 329 g/mol. The van der Waals surface area contributed by atoms with Crippen molar-refractivity contribution in [3.63, 3.8) is 0 Å². The SMILES string of the molecule is CN(CCc1ccc(F)cc1)C(=O)c1cn(C)nc1C(F)(F)F. The highest BCUT2D eigenvalue weighted by Crippen LogP contribution is 2.31. The van der Waals surface area contributed by atoms with Gasteiger partial charge in [-0.3, -0.25) is 9.48 Å². The molecule has 0 unspecified atom stereocenters. The van der Waals surface area contributed by atoms with Crippen LogP contribution in [0, 0.1) is 5.82 Å². The van der Waals surface area contributed by atoms with E-state index in [-0.39, 0.29) is 12.4 Å². The average Bonchev–Trinajstić information content (AvgIpc) is 2.87. The van der Waals surface area contributed by atoms with Crippen molar-refractivity contribution in [3.05, 3.63) is 53.1 Å². The summed E-state index contributed by atoms with van der Waals surface area (Å²) in [5, 5.41) is 3.32. The molecule has 0 spiro atoms. The normalized spacial score (nSPS) is 11.6. The minimum Gasteiger partial charge on any atom is -0.341 e. The van der Waals surface area contributed by atoms with E-state index in [1.54, 1.807) is 12.1 Å². The maximum absolute atomic E-state index is 12.9. The minimum atomic E-state index is -4.69. The van der Waals surface area contributed by atoms with E-state index in [9.17, 15) is 22.4 Å². The number of rotatable bonds is 4. The Bertz CT molecular complexity index is 692. The van der Waals surface area contributed by atoms with Crippen LogP contribution in [0.25, 0.3) is 0 Å². The van der Waals surface area contributed by atoms with E-state index >= 15 is 0 Å². The van der Waals surface area contributed by atoms with Crippen molar-refractivity contribution in [1.82, 2.24) is 14.7 Å². The smallest absolute Gasteiger partial charge is 0.341 e. The molecular weight excluding hydrogens is 314 g/mol. The Morgan fingerprint density at radius 1 is 1.26 bits per heavy atom. The fraction of sp³-hybridized carbons (Fsp3) is 0.333. The summed E-state index contributed by atoms with van der Waals surface area (Å²) in [5.74, 6) is -1.13. The quantitative estimate of drug-likeness (QED) is 0.809. The molecule has 0 N–H and O–H groups in total. The van der Waals surface area contributed by atoms with Crippen molar-refractivity contribution in [2.24, 2.45) is 7.05 Å². The number of alkyl halides is 3. The van der Waals surface area contributed by atoms with Crippen molar-refractivity contribution < 1.29 is 22.4 Å². The standard InChI is InChI=1S/C15H15F4N3O/c1-21(8-7-10-3-5-11(16)6-4-10)14(23)12-9-22(2)20-13(12)15(17,18)19/h3-6,9H,7-8H2,1-2H3. The Labute approximate surface area is 130 Å². The molecule has 0 fully saturated rings. The summed E-state index contributed by atoms with van der Waals surface area (Å²) in [6.45, 7) is 0.205. The van der Waals surface area contributed by atoms with Crippen LogP contribution >= 0.6 is 0 Å². The van der Waals surface area contributed by atoms with Gasteiger partial charge in [-0.15, -0.1) is 0 Å². The highest BCUT2D eigenvalue weighted by Gasteiger charge is 2.39. The van der Waals surface area contributed by atoms with Crippen molar-refractivity contribution >= 4 is 5.91 Å². The molecule has 0 bridgehead atoms. The van der Waals surface area contributed by atoms with Crippen molar-refractivity contribution in [2.75, 3.05) is 13.6 Å². The molecule has 23 heavy (non-hydrogen) atoms. The summed E-state index contributed by atoms with van der Waals surface area (Å²) in [6.07, 6.45) is -3.23. The van der Waals surface area contributed by atoms with Gasteiger partial charge in [0.25, 0.3) is 5.91 Å². The molecule has 0 aliphatic carbocycles. The third-order valence-corrected chi connectivity index (χ3v) is 3.32. The summed E-state index contributed by atoms with van der Waals surface area (Å²) < 4.78 is 52.5. The van der Waals surface area contributed by atoms with Crippen LogP contribution in [0.4, 0.5) is 17.6 Å². The topological polar surface area (TPSA) is 38.1 Å². The predicted molar refractivity (Wildman–Crippen MR) is 75.3 cm³/mol. The van der Waals surface area contributed by atoms with Crippen LogP contribution in [0.5, 0.6) is 0 Å². The lowest BCUT2D eigenvalue weighted by Gasteiger charge is -2.17. The summed E-state index contributed by atoms with van der Waals surface area (Å²) >= 11 is 0. The Kier molecular flexibility index (Phi) is 4.72. The van der Waals surface area contributed by atoms with E-state index in [0.29, 0.717) is 6.42 Å². The van der Waals surface area contributed by atoms with E-state index in [4.69, 9.17) is 0 Å². The van der Waals surface area contributed by atoms with Crippen molar-refractivity contribution in [1.29, 1.82) is 0 Å². The maximum Gasteiger partial charge on any atom is 0.435 e. The molecule has 8 heteroatoms. The number of benzene rings is 1. The van der Waals surface area contributed by atoms with Gasteiger partial charge in [-0.05, 0) is 24.1 Å². The van der Waals surface area contributed by atoms with Gasteiger partial charge in [0, 0.05) is 26.8 Å². The first-order valence-corrected chi connectivity index (χ1v) is 6.79. The number of likely N-dealkylation sites (N-methyl/N-ethyl adjacent to an activating group) is 1. The summed E-state index contributed by atoms with van der Waals surface area (Å²) in [6, 6.07) is 5.72. The first-order valence-electron chi connectivity index (χ1n) is 6.79. The number of aromatic nitrogens is 2. The summed E-state index contributed by atoms with van der Waals surface area (Å²) in [5.41, 5.74) is -0.895. The van der Waals surface area contributed by atoms with Crippen LogP contribution in [0.2, 0.25) is 0 Å². The zero-order valence-corrected chi connectivity index (χ0v) is 12.6. The predicted octanol–water partition coefficient (Wildman–Crippen LogP) is 2.89. The van der Waals surface area contributed by atoms with Gasteiger partial charge in [-0.2, -0.15) is 18.3 Å². The number of hydrogen-bond acceptors (Lipinski definition) is 2. The molecule has 2 aromatic rings. The van der Waals surface area contributed by atoms with Crippen LogP contribution in [0.1, 0.15) is 21.6 Å². The molecule has 1 amide bonds. The molecule has 1 aromatic heterocycles. The number of halogens is 4. The van der Waals surface area contributed by atoms with Gasteiger partial charge < -0.3 is 4.90 Å². The first-order chi connectivity index (χ1) is 10.7. The van der Waals surface area contributed by atoms with E-state index in [0.717, 1.165) is 16.4 Å². The second-order valence-corrected chi connectivity index (χ2v) is 5.17. The number of carbonyl (C=O) groups is 1. The highest BCUT2D eigenvalue weighted by molar-refractivity contribution is 5.95. The zero-order chi connectivity index (χ0) is 17.2. The molecule has 0 atom stereocenters. The summed E-state index contributed by atoms with van der Waals surface area (Å²) in [7, 11) is 2.74. The van der Waals surface area contributed by atoms with Gasteiger partial charge in [0.05, 0.1) is 5.56 Å². The number of aryl methyl sites for hydroxylation is 1. The van der Waals surface area contributed by atoms with Crippen LogP contribution in [-0.2, 0) is 19.6 Å². The summed E-state index contributed by atoms with van der Waals surface area (Å²) in [4.78, 5) is 13.4. The number of amides is 1. The lowest BCUT2D eigenvalue weighted by Crippen LogP contribution is -2.30. The largest absolute Gasteiger partial charge is 0.435 e. The minimum absolute atomic E-state index is 0.205. The second kappa shape index (κ2) is 6.39. The molecule has 0 radical (unpaired) electrons. The molecule has 0 aliphatic heterocycles. The highest BCUT2D eigenvalue weighted by atomic mass is 19.4. The van der Waals surface area contributed by atoms with Crippen molar-refractivity contribution in [3.8, 4) is 0 Å². The molecular formula is C15H15F4N3O. The Hall–Kier alpha value is -2.38. The third kappa shape index (κ3) is 4.08. The van der Waals surface area contributed by atoms with E-state index in [1.165, 1.54) is 31.1 Å². The van der Waals surface area contributed by atoms with Gasteiger partial charge in [0.1, 0.15) is 5.82 Å². The van der Waals surface area contributed by atoms with E-state index in [1.807, 2.05) is 0 Å². The molecule has 0 saturated carbocycles. The van der Waals surface area contributed by atoms with E-state index in [2.05, 4.69) is 5.10 Å². The zero-order valence-electron chi connectivity index (χ0n) is 12.6. The Balaban J connectivity index is 2.09. The Morgan fingerprint density at radius 3 is 2.43 bits per heavy atom. The molecule has 124 valence electrons. The first kappa shape index (κ1) is 17.0. The van der Waals surface area contributed by atoms with Gasteiger partial charge in [-0.1, -0.05) is 12.1 Å². The molecule has 4 nitrogen and oxygen atoms in total. The van der Waals surface area contributed by atoms with Crippen molar-refractivity contribution in [2.45, 2.75) is 12.6 Å². The third-order valence-electron chi connectivity index (χ3n) is 3.32. The van der Waals surface area contributed by atoms with Gasteiger partial charge in [-0.25, -0.2) is 4.39 Å². The van der Waals surface area contributed by atoms with E-state index < -0.39 is 23.3 Å². The van der Waals surface area contributed by atoms with Crippen LogP contribution < -0.4 is 0 Å². The van der Waals surface area contributed by atoms with Crippen LogP contribution in [0.3, 0.4) is 0 Å². The lowest BCUT2D eigenvalue weighted by molar-refractivity contribution is -0.141. The molecule has 0 aliphatic rings. The fourth-order valence-corrected chi connectivity index (χ4v) is 2.11. The average molecular weight is 329 g/mol. The van der Waals surface area contributed by atoms with Crippen LogP contribution in [-0.4, -0.2) is 34.2 Å². The number of nitrogens with zero attached hydrogens (tertiary/aromatic N) is 3. The Morgan fingerprint density at radius 2 is 1.87 bits per heavy atom. The number of hydrogen-bond donors (Lipinski definition) is 0. The van der Waals surface area contributed by atoms with Crippen LogP contribution in [0.15, 0.2) is 30.5 Å². The fourth-order valence-electron chi connectivity index (χ4n) is 2.11. The van der Waals surface area contributed by atoms with Gasteiger partial charge >= 0.3 is 6.18 Å². The van der Waals surface area contributed by atoms with Gasteiger partial charge in [0.15, 0.2) is 5.69 Å².